The number of hydrogen-bond donors (Lipinski definition) is 1. The second-order valence-corrected chi connectivity index (χ2v) is 3.20. The molecule has 0 aromatic carbocycles. The summed E-state index contributed by atoms with van der Waals surface area (Å²) < 4.78 is 5.17. The van der Waals surface area contributed by atoms with Gasteiger partial charge in [0.2, 0.25) is 0 Å². The van der Waals surface area contributed by atoms with Crippen molar-refractivity contribution in [1.29, 1.82) is 0 Å². The number of carbonyl (C=O) groups excluding carboxylic acids is 1. The summed E-state index contributed by atoms with van der Waals surface area (Å²) >= 11 is 0. The van der Waals surface area contributed by atoms with E-state index in [2.05, 4.69) is 0 Å². The van der Waals surface area contributed by atoms with Gasteiger partial charge < -0.3 is 9.84 Å². The van der Waals surface area contributed by atoms with Crippen molar-refractivity contribution in [3.8, 4) is 0 Å². The van der Waals surface area contributed by atoms with Crippen molar-refractivity contribution < 1.29 is 19.4 Å². The third-order valence-electron chi connectivity index (χ3n) is 2.31. The lowest BCUT2D eigenvalue weighted by Gasteiger charge is -2.27. The summed E-state index contributed by atoms with van der Waals surface area (Å²) in [5.41, 5.74) is 0. The average molecular weight is 186 g/mol. The first-order valence-electron chi connectivity index (χ1n) is 4.54. The number of ether oxygens (including phenoxy) is 1. The van der Waals surface area contributed by atoms with E-state index in [4.69, 9.17) is 9.84 Å². The van der Waals surface area contributed by atoms with Crippen LogP contribution in [-0.2, 0) is 14.3 Å². The Balaban J connectivity index is 2.67. The van der Waals surface area contributed by atoms with Crippen molar-refractivity contribution in [2.75, 3.05) is 6.61 Å². The van der Waals surface area contributed by atoms with Crippen LogP contribution in [0, 0.1) is 5.92 Å². The lowest BCUT2D eigenvalue weighted by Crippen LogP contribution is -2.40. The number of carboxylic acid groups (broad SMARTS) is 1. The lowest BCUT2D eigenvalue weighted by atomic mass is 9.91. The highest BCUT2D eigenvalue weighted by molar-refractivity contribution is 5.88. The Labute approximate surface area is 76.9 Å². The van der Waals surface area contributed by atoms with Crippen LogP contribution in [0.25, 0.3) is 0 Å². The number of rotatable bonds is 3. The quantitative estimate of drug-likeness (QED) is 0.709. The van der Waals surface area contributed by atoms with E-state index in [-0.39, 0.29) is 5.78 Å². The summed E-state index contributed by atoms with van der Waals surface area (Å²) in [6, 6.07) is 0. The second kappa shape index (κ2) is 4.37. The van der Waals surface area contributed by atoms with Crippen molar-refractivity contribution in [3.05, 3.63) is 0 Å². The molecule has 1 saturated heterocycles. The summed E-state index contributed by atoms with van der Waals surface area (Å²) in [5.74, 6) is -1.67. The molecule has 1 aliphatic heterocycles. The van der Waals surface area contributed by atoms with Crippen LogP contribution in [0.2, 0.25) is 0 Å². The molecule has 0 aromatic rings. The predicted octanol–water partition coefficient (Wildman–Crippen LogP) is 0.845. The van der Waals surface area contributed by atoms with Gasteiger partial charge in [0.15, 0.2) is 5.78 Å². The van der Waals surface area contributed by atoms with E-state index in [1.165, 1.54) is 0 Å². The van der Waals surface area contributed by atoms with Crippen LogP contribution >= 0.6 is 0 Å². The zero-order valence-corrected chi connectivity index (χ0v) is 7.66. The maximum atomic E-state index is 11.3. The van der Waals surface area contributed by atoms with Crippen molar-refractivity contribution >= 4 is 11.8 Å². The van der Waals surface area contributed by atoms with Gasteiger partial charge in [-0.3, -0.25) is 9.59 Å². The fraction of sp³-hybridized carbons (Fsp3) is 0.778. The zero-order chi connectivity index (χ0) is 9.84. The van der Waals surface area contributed by atoms with E-state index in [1.54, 1.807) is 6.92 Å². The molecular weight excluding hydrogens is 172 g/mol. The van der Waals surface area contributed by atoms with E-state index in [1.807, 2.05) is 0 Å². The van der Waals surface area contributed by atoms with E-state index < -0.39 is 18.0 Å². The molecule has 0 spiro atoms. The van der Waals surface area contributed by atoms with Gasteiger partial charge >= 0.3 is 5.97 Å². The molecule has 1 N–H and O–H groups in total. The standard InChI is InChI=1S/C9H14O4/c1-2-7(10)8-6(9(11)12)4-3-5-13-8/h6,8H,2-5H2,1H3,(H,11,12). The number of ketones is 1. The molecule has 0 bridgehead atoms. The van der Waals surface area contributed by atoms with Gasteiger partial charge in [0.1, 0.15) is 6.10 Å². The molecule has 4 nitrogen and oxygen atoms in total. The fourth-order valence-electron chi connectivity index (χ4n) is 1.55. The SMILES string of the molecule is CCC(=O)C1OCCCC1C(=O)O. The topological polar surface area (TPSA) is 63.6 Å². The summed E-state index contributed by atoms with van der Waals surface area (Å²) in [6.45, 7) is 2.22. The first kappa shape index (κ1) is 10.2. The van der Waals surface area contributed by atoms with E-state index in [0.29, 0.717) is 19.4 Å². The Bertz CT molecular complexity index is 212. The highest BCUT2D eigenvalue weighted by atomic mass is 16.5. The molecule has 13 heavy (non-hydrogen) atoms. The predicted molar refractivity (Wildman–Crippen MR) is 45.4 cm³/mol. The maximum Gasteiger partial charge on any atom is 0.309 e. The van der Waals surface area contributed by atoms with Gasteiger partial charge in [-0.25, -0.2) is 0 Å². The third-order valence-corrected chi connectivity index (χ3v) is 2.31. The Hall–Kier alpha value is -0.900. The minimum atomic E-state index is -0.925. The van der Waals surface area contributed by atoms with E-state index >= 15 is 0 Å². The Morgan fingerprint density at radius 2 is 2.23 bits per heavy atom. The van der Waals surface area contributed by atoms with E-state index in [0.717, 1.165) is 6.42 Å². The third kappa shape index (κ3) is 2.28. The normalized spacial score (nSPS) is 28.4. The Morgan fingerprint density at radius 1 is 1.54 bits per heavy atom. The van der Waals surface area contributed by atoms with Gasteiger partial charge in [-0.15, -0.1) is 0 Å². The maximum absolute atomic E-state index is 11.3. The van der Waals surface area contributed by atoms with Gasteiger partial charge in [0.05, 0.1) is 5.92 Å². The Morgan fingerprint density at radius 3 is 2.77 bits per heavy atom. The highest BCUT2D eigenvalue weighted by Gasteiger charge is 2.35. The van der Waals surface area contributed by atoms with Crippen molar-refractivity contribution in [1.82, 2.24) is 0 Å². The van der Waals surface area contributed by atoms with Gasteiger partial charge in [-0.1, -0.05) is 6.92 Å². The second-order valence-electron chi connectivity index (χ2n) is 3.20. The van der Waals surface area contributed by atoms with Crippen LogP contribution in [0.15, 0.2) is 0 Å². The van der Waals surface area contributed by atoms with Crippen molar-refractivity contribution in [3.63, 3.8) is 0 Å². The van der Waals surface area contributed by atoms with Gasteiger partial charge in [-0.05, 0) is 12.8 Å². The minimum absolute atomic E-state index is 0.105. The molecule has 2 unspecified atom stereocenters. The molecule has 0 saturated carbocycles. The number of Topliss-reactive ketones (excluding diaryl/α,β-unsaturated/α-hetero) is 1. The molecule has 1 heterocycles. The Kier molecular flexibility index (Phi) is 3.42. The molecule has 4 heteroatoms. The van der Waals surface area contributed by atoms with E-state index in [9.17, 15) is 9.59 Å². The summed E-state index contributed by atoms with van der Waals surface area (Å²) in [4.78, 5) is 22.0. The van der Waals surface area contributed by atoms with Crippen LogP contribution in [-0.4, -0.2) is 29.6 Å². The summed E-state index contributed by atoms with van der Waals surface area (Å²) in [6.07, 6.45) is 0.904. The van der Waals surface area contributed by atoms with Gasteiger partial charge in [-0.2, -0.15) is 0 Å². The highest BCUT2D eigenvalue weighted by Crippen LogP contribution is 2.22. The summed E-state index contributed by atoms with van der Waals surface area (Å²) in [7, 11) is 0. The first-order chi connectivity index (χ1) is 6.16. The molecule has 1 aliphatic rings. The number of carboxylic acids is 1. The molecule has 0 aliphatic carbocycles. The van der Waals surface area contributed by atoms with Crippen LogP contribution in [0.3, 0.4) is 0 Å². The smallest absolute Gasteiger partial charge is 0.309 e. The average Bonchev–Trinajstić information content (AvgIpc) is 2.16. The fourth-order valence-corrected chi connectivity index (χ4v) is 1.55. The van der Waals surface area contributed by atoms with Crippen LogP contribution in [0.1, 0.15) is 26.2 Å². The minimum Gasteiger partial charge on any atom is -0.481 e. The molecule has 0 amide bonds. The largest absolute Gasteiger partial charge is 0.481 e. The number of aliphatic carboxylic acids is 1. The molecular formula is C9H14O4. The van der Waals surface area contributed by atoms with Crippen molar-refractivity contribution in [2.24, 2.45) is 5.92 Å². The number of hydrogen-bond acceptors (Lipinski definition) is 3. The molecule has 0 aromatic heterocycles. The van der Waals surface area contributed by atoms with Crippen LogP contribution < -0.4 is 0 Å². The molecule has 1 fully saturated rings. The zero-order valence-electron chi connectivity index (χ0n) is 7.66. The summed E-state index contributed by atoms with van der Waals surface area (Å²) in [5, 5.41) is 8.82. The number of carbonyl (C=O) groups is 2. The molecule has 74 valence electrons. The van der Waals surface area contributed by atoms with Gasteiger partial charge in [0, 0.05) is 13.0 Å². The lowest BCUT2D eigenvalue weighted by molar-refractivity contribution is -0.158. The van der Waals surface area contributed by atoms with Gasteiger partial charge in [0.25, 0.3) is 0 Å². The molecule has 2 atom stereocenters. The molecule has 0 radical (unpaired) electrons. The van der Waals surface area contributed by atoms with Crippen molar-refractivity contribution in [2.45, 2.75) is 32.3 Å². The first-order valence-corrected chi connectivity index (χ1v) is 4.54. The van der Waals surface area contributed by atoms with Crippen LogP contribution in [0.5, 0.6) is 0 Å². The molecule has 1 rings (SSSR count). The van der Waals surface area contributed by atoms with Crippen LogP contribution in [0.4, 0.5) is 0 Å². The monoisotopic (exact) mass is 186 g/mol.